The zero-order valence-electron chi connectivity index (χ0n) is 35.5. The first-order chi connectivity index (χ1) is 31.5. The highest BCUT2D eigenvalue weighted by molar-refractivity contribution is 6.10. The number of para-hydroxylation sites is 2. The van der Waals surface area contributed by atoms with E-state index in [1.165, 1.54) is 38.6 Å². The van der Waals surface area contributed by atoms with Gasteiger partial charge in [-0.25, -0.2) is 0 Å². The fourth-order valence-corrected chi connectivity index (χ4v) is 10.5. The molecule has 0 fully saturated rings. The normalized spacial score (nSPS) is 13.1. The van der Waals surface area contributed by atoms with E-state index in [2.05, 4.69) is 219 Å². The summed E-state index contributed by atoms with van der Waals surface area (Å²) in [4.78, 5) is 2.43. The zero-order valence-corrected chi connectivity index (χ0v) is 35.5. The van der Waals surface area contributed by atoms with Gasteiger partial charge in [-0.15, -0.1) is 0 Å². The van der Waals surface area contributed by atoms with Crippen LogP contribution in [0.15, 0.2) is 217 Å². The molecular weight excluding hydrogens is 779 g/mol. The molecule has 0 saturated carbocycles. The smallest absolute Gasteiger partial charge is 0.143 e. The van der Waals surface area contributed by atoms with E-state index in [0.29, 0.717) is 0 Å². The van der Waals surface area contributed by atoms with Gasteiger partial charge in [-0.1, -0.05) is 159 Å². The Morgan fingerprint density at radius 2 is 1.06 bits per heavy atom. The molecule has 64 heavy (non-hydrogen) atoms. The summed E-state index contributed by atoms with van der Waals surface area (Å²) in [5.74, 6) is 1.65. The Labute approximate surface area is 372 Å². The Hall–Kier alpha value is -8.14. The third kappa shape index (κ3) is 5.54. The molecule has 302 valence electrons. The standard InChI is InChI=1S/C61H41NO2/c1-61(2)53-22-10-8-18-46(53)47-32-31-44(37-54(47)61)62(43-29-26-39(27-30-43)45-20-12-21-49-48-19-9-11-24-56(48)64-60(45)49)55-23-13-25-58-59(55)52-36-41-17-7-6-16-40(41)34-50(52)51-35-42(28-33-57(51)63-58)38-14-4-3-5-15-38/h3-37H,1-2H3. The highest BCUT2D eigenvalue weighted by Gasteiger charge is 2.36. The molecule has 0 spiro atoms. The fraction of sp³-hybridized carbons (Fsp3) is 0.0492. The molecule has 1 aliphatic carbocycles. The molecule has 0 atom stereocenters. The summed E-state index contributed by atoms with van der Waals surface area (Å²) < 4.78 is 13.6. The van der Waals surface area contributed by atoms with Crippen LogP contribution >= 0.6 is 0 Å². The van der Waals surface area contributed by atoms with Gasteiger partial charge in [-0.2, -0.15) is 0 Å². The quantitative estimate of drug-likeness (QED) is 0.173. The monoisotopic (exact) mass is 819 g/mol. The number of hydrogen-bond acceptors (Lipinski definition) is 3. The van der Waals surface area contributed by atoms with Crippen molar-refractivity contribution < 1.29 is 9.15 Å². The number of fused-ring (bicyclic) bond motifs is 12. The minimum atomic E-state index is -0.178. The molecule has 0 N–H and O–H groups in total. The van der Waals surface area contributed by atoms with Crippen LogP contribution in [0.3, 0.4) is 0 Å². The molecule has 0 bridgehead atoms. The van der Waals surface area contributed by atoms with Crippen LogP contribution in [-0.4, -0.2) is 0 Å². The number of rotatable bonds is 5. The molecule has 10 aromatic carbocycles. The van der Waals surface area contributed by atoms with Gasteiger partial charge in [0, 0.05) is 44.3 Å². The molecule has 0 saturated heterocycles. The van der Waals surface area contributed by atoms with Crippen LogP contribution in [0.2, 0.25) is 0 Å². The molecule has 2 aliphatic rings. The lowest BCUT2D eigenvalue weighted by molar-refractivity contribution is 0.488. The van der Waals surface area contributed by atoms with Gasteiger partial charge in [0.1, 0.15) is 22.7 Å². The van der Waals surface area contributed by atoms with Crippen LogP contribution in [0, 0.1) is 0 Å². The lowest BCUT2D eigenvalue weighted by atomic mass is 9.82. The second kappa shape index (κ2) is 13.9. The van der Waals surface area contributed by atoms with Gasteiger partial charge >= 0.3 is 0 Å². The SMILES string of the molecule is CC1(C)c2ccccc2-c2ccc(N(c3ccc(-c4cccc5c4oc4ccccc45)cc3)c3cccc4c3-c3cc5ccccc5cc3-c3cc(-c5ccccc5)ccc3O4)cc21. The lowest BCUT2D eigenvalue weighted by Gasteiger charge is -2.30. The predicted molar refractivity (Wildman–Crippen MR) is 265 cm³/mol. The van der Waals surface area contributed by atoms with E-state index in [4.69, 9.17) is 9.15 Å². The van der Waals surface area contributed by atoms with Gasteiger partial charge in [0.15, 0.2) is 0 Å². The Bertz CT molecular complexity index is 3670. The molecular formula is C61H41NO2. The molecule has 0 amide bonds. The van der Waals surface area contributed by atoms with Crippen molar-refractivity contribution in [3.63, 3.8) is 0 Å². The van der Waals surface area contributed by atoms with Crippen molar-refractivity contribution in [2.45, 2.75) is 19.3 Å². The van der Waals surface area contributed by atoms with Crippen molar-refractivity contribution in [1.29, 1.82) is 0 Å². The molecule has 1 aliphatic heterocycles. The van der Waals surface area contributed by atoms with Gasteiger partial charge in [-0.3, -0.25) is 0 Å². The van der Waals surface area contributed by atoms with Crippen LogP contribution in [0.5, 0.6) is 11.5 Å². The minimum Gasteiger partial charge on any atom is -0.456 e. The van der Waals surface area contributed by atoms with Crippen LogP contribution < -0.4 is 9.64 Å². The summed E-state index contributed by atoms with van der Waals surface area (Å²) in [6, 6.07) is 76.7. The average Bonchev–Trinajstić information content (AvgIpc) is 3.79. The summed E-state index contributed by atoms with van der Waals surface area (Å²) in [5.41, 5.74) is 18.9. The number of ether oxygens (including phenoxy) is 1. The van der Waals surface area contributed by atoms with Gasteiger partial charge < -0.3 is 14.1 Å². The van der Waals surface area contributed by atoms with E-state index in [-0.39, 0.29) is 5.41 Å². The van der Waals surface area contributed by atoms with Crippen molar-refractivity contribution in [3.8, 4) is 67.1 Å². The number of nitrogens with zero attached hydrogens (tertiary/aromatic N) is 1. The lowest BCUT2D eigenvalue weighted by Crippen LogP contribution is -2.17. The average molecular weight is 820 g/mol. The predicted octanol–water partition coefficient (Wildman–Crippen LogP) is 17.3. The first-order valence-electron chi connectivity index (χ1n) is 22.1. The summed E-state index contributed by atoms with van der Waals surface area (Å²) in [7, 11) is 0. The minimum absolute atomic E-state index is 0.178. The second-order valence-electron chi connectivity index (χ2n) is 17.6. The Morgan fingerprint density at radius 1 is 0.391 bits per heavy atom. The first-order valence-corrected chi connectivity index (χ1v) is 22.1. The molecule has 0 unspecified atom stereocenters. The number of anilines is 3. The van der Waals surface area contributed by atoms with Crippen LogP contribution in [0.25, 0.3) is 88.3 Å². The van der Waals surface area contributed by atoms with E-state index < -0.39 is 0 Å². The Kier molecular flexibility index (Phi) is 7.95. The van der Waals surface area contributed by atoms with Crippen LogP contribution in [0.1, 0.15) is 25.0 Å². The maximum Gasteiger partial charge on any atom is 0.143 e. The van der Waals surface area contributed by atoms with Crippen molar-refractivity contribution in [2.24, 2.45) is 0 Å². The third-order valence-electron chi connectivity index (χ3n) is 13.7. The molecule has 3 nitrogen and oxygen atoms in total. The van der Waals surface area contributed by atoms with E-state index in [1.807, 2.05) is 12.1 Å². The highest BCUT2D eigenvalue weighted by atomic mass is 16.5. The van der Waals surface area contributed by atoms with E-state index in [9.17, 15) is 0 Å². The molecule has 3 heteroatoms. The van der Waals surface area contributed by atoms with Crippen molar-refractivity contribution in [2.75, 3.05) is 4.90 Å². The molecule has 11 aromatic rings. The summed E-state index contributed by atoms with van der Waals surface area (Å²) in [6.45, 7) is 4.70. The Morgan fingerprint density at radius 3 is 1.92 bits per heavy atom. The fourth-order valence-electron chi connectivity index (χ4n) is 10.5. The van der Waals surface area contributed by atoms with Gasteiger partial charge in [0.05, 0.1) is 5.69 Å². The second-order valence-corrected chi connectivity index (χ2v) is 17.6. The number of hydrogen-bond donors (Lipinski definition) is 0. The zero-order chi connectivity index (χ0) is 42.5. The Balaban J connectivity index is 1.04. The van der Waals surface area contributed by atoms with Crippen molar-refractivity contribution in [3.05, 3.63) is 223 Å². The van der Waals surface area contributed by atoms with E-state index in [1.54, 1.807) is 0 Å². The molecule has 0 radical (unpaired) electrons. The maximum atomic E-state index is 7.12. The first kappa shape index (κ1) is 36.5. The molecule has 2 heterocycles. The maximum absolute atomic E-state index is 7.12. The van der Waals surface area contributed by atoms with Crippen molar-refractivity contribution in [1.82, 2.24) is 0 Å². The van der Waals surface area contributed by atoms with Gasteiger partial charge in [0.25, 0.3) is 0 Å². The molecule has 13 rings (SSSR count). The van der Waals surface area contributed by atoms with Gasteiger partial charge in [-0.05, 0) is 128 Å². The van der Waals surface area contributed by atoms with E-state index in [0.717, 1.165) is 89.4 Å². The third-order valence-corrected chi connectivity index (χ3v) is 13.7. The summed E-state index contributed by atoms with van der Waals surface area (Å²) >= 11 is 0. The summed E-state index contributed by atoms with van der Waals surface area (Å²) in [6.07, 6.45) is 0. The van der Waals surface area contributed by atoms with Gasteiger partial charge in [0.2, 0.25) is 0 Å². The summed E-state index contributed by atoms with van der Waals surface area (Å²) in [5, 5.41) is 4.61. The highest BCUT2D eigenvalue weighted by Crippen LogP contribution is 2.56. The van der Waals surface area contributed by atoms with E-state index >= 15 is 0 Å². The number of benzene rings is 10. The van der Waals surface area contributed by atoms with Crippen LogP contribution in [-0.2, 0) is 5.41 Å². The number of furan rings is 1. The molecule has 1 aromatic heterocycles. The van der Waals surface area contributed by atoms with Crippen molar-refractivity contribution >= 4 is 49.8 Å². The topological polar surface area (TPSA) is 25.6 Å². The van der Waals surface area contributed by atoms with Crippen LogP contribution in [0.4, 0.5) is 17.1 Å². The largest absolute Gasteiger partial charge is 0.456 e.